The molecule has 0 bridgehead atoms. The molecule has 0 amide bonds. The average Bonchev–Trinajstić information content (AvgIpc) is 2.96. The van der Waals surface area contributed by atoms with Crippen molar-refractivity contribution in [1.82, 2.24) is 5.06 Å². The molecule has 1 aromatic rings. The van der Waals surface area contributed by atoms with Gasteiger partial charge in [0.1, 0.15) is 0 Å². The van der Waals surface area contributed by atoms with Crippen molar-refractivity contribution in [1.29, 1.82) is 0 Å². The van der Waals surface area contributed by atoms with Crippen LogP contribution in [0.3, 0.4) is 0 Å². The Labute approximate surface area is 93.7 Å². The highest BCUT2D eigenvalue weighted by atomic mass is 16.8. The fourth-order valence-corrected chi connectivity index (χ4v) is 1.58. The van der Waals surface area contributed by atoms with Gasteiger partial charge in [-0.05, 0) is 20.8 Å². The Bertz CT molecular complexity index is 425. The number of hydrogen-bond acceptors (Lipinski definition) is 4. The molecule has 0 radical (unpaired) electrons. The smallest absolute Gasteiger partial charge is 0.269 e. The van der Waals surface area contributed by atoms with Crippen LogP contribution in [0.4, 0.5) is 5.69 Å². The molecule has 2 atom stereocenters. The molecule has 5 heteroatoms. The number of nitro benzene ring substituents is 1. The third-order valence-electron chi connectivity index (χ3n) is 2.41. The third-order valence-corrected chi connectivity index (χ3v) is 2.41. The third kappa shape index (κ3) is 2.05. The largest absolute Gasteiger partial charge is 0.269 e. The van der Waals surface area contributed by atoms with Crippen LogP contribution in [0.5, 0.6) is 0 Å². The molecule has 5 nitrogen and oxygen atoms in total. The maximum atomic E-state index is 10.6. The first-order valence-corrected chi connectivity index (χ1v) is 5.10. The fourth-order valence-electron chi connectivity index (χ4n) is 1.58. The number of non-ortho nitro benzene ring substituents is 1. The summed E-state index contributed by atoms with van der Waals surface area (Å²) < 4.78 is 0. The molecule has 0 aliphatic carbocycles. The van der Waals surface area contributed by atoms with Gasteiger partial charge in [-0.2, -0.15) is 0 Å². The van der Waals surface area contributed by atoms with Crippen LogP contribution in [0, 0.1) is 10.1 Å². The lowest BCUT2D eigenvalue weighted by Crippen LogP contribution is -2.25. The van der Waals surface area contributed by atoms with Gasteiger partial charge in [0.2, 0.25) is 0 Å². The van der Waals surface area contributed by atoms with E-state index in [0.29, 0.717) is 0 Å². The normalized spacial score (nSPS) is 24.2. The van der Waals surface area contributed by atoms with Crippen molar-refractivity contribution in [3.05, 3.63) is 39.9 Å². The standard InChI is InChI=1S/C11H14N2O3/c1-11(2,3)12-10(16-12)8-5-4-6-9(7-8)13(14)15/h4-7,10H,1-3H3. The minimum Gasteiger partial charge on any atom is -0.269 e. The Morgan fingerprint density at radius 2 is 2.12 bits per heavy atom. The summed E-state index contributed by atoms with van der Waals surface area (Å²) in [5.41, 5.74) is 0.834. The monoisotopic (exact) mass is 222 g/mol. The molecule has 0 N–H and O–H groups in total. The van der Waals surface area contributed by atoms with Crippen LogP contribution in [-0.2, 0) is 4.84 Å². The Hall–Kier alpha value is -1.46. The molecule has 1 aliphatic rings. The topological polar surface area (TPSA) is 58.7 Å². The van der Waals surface area contributed by atoms with Crippen LogP contribution >= 0.6 is 0 Å². The molecule has 1 aliphatic heterocycles. The van der Waals surface area contributed by atoms with Gasteiger partial charge in [0.05, 0.1) is 4.92 Å². The van der Waals surface area contributed by atoms with Crippen molar-refractivity contribution in [2.45, 2.75) is 32.5 Å². The minimum atomic E-state index is -0.396. The van der Waals surface area contributed by atoms with Crippen molar-refractivity contribution >= 4 is 5.69 Å². The number of rotatable bonds is 2. The summed E-state index contributed by atoms with van der Waals surface area (Å²) >= 11 is 0. The van der Waals surface area contributed by atoms with Crippen LogP contribution in [-0.4, -0.2) is 15.5 Å². The molecule has 2 unspecified atom stereocenters. The lowest BCUT2D eigenvalue weighted by molar-refractivity contribution is -0.384. The quantitative estimate of drug-likeness (QED) is 0.438. The second kappa shape index (κ2) is 3.54. The summed E-state index contributed by atoms with van der Waals surface area (Å²) in [5.74, 6) is 0. The first-order valence-electron chi connectivity index (χ1n) is 5.10. The zero-order valence-electron chi connectivity index (χ0n) is 9.51. The first kappa shape index (κ1) is 11.0. The Morgan fingerprint density at radius 1 is 1.44 bits per heavy atom. The van der Waals surface area contributed by atoms with Gasteiger partial charge >= 0.3 is 0 Å². The maximum absolute atomic E-state index is 10.6. The predicted octanol–water partition coefficient (Wildman–Crippen LogP) is 2.64. The van der Waals surface area contributed by atoms with Gasteiger partial charge in [0.15, 0.2) is 6.23 Å². The molecule has 86 valence electrons. The van der Waals surface area contributed by atoms with E-state index in [-0.39, 0.29) is 17.5 Å². The Balaban J connectivity index is 2.18. The highest BCUT2D eigenvalue weighted by molar-refractivity contribution is 5.36. The summed E-state index contributed by atoms with van der Waals surface area (Å²) in [6.45, 7) is 6.10. The molecular formula is C11H14N2O3. The zero-order chi connectivity index (χ0) is 11.9. The molecule has 1 fully saturated rings. The van der Waals surface area contributed by atoms with Crippen LogP contribution in [0.25, 0.3) is 0 Å². The van der Waals surface area contributed by atoms with E-state index in [1.165, 1.54) is 6.07 Å². The van der Waals surface area contributed by atoms with E-state index >= 15 is 0 Å². The fraction of sp³-hybridized carbons (Fsp3) is 0.455. The first-order chi connectivity index (χ1) is 7.39. The van der Waals surface area contributed by atoms with Gasteiger partial charge in [-0.25, -0.2) is 0 Å². The number of nitrogens with zero attached hydrogens (tertiary/aromatic N) is 2. The number of nitro groups is 1. The molecule has 2 rings (SSSR count). The molecule has 0 saturated carbocycles. The second-order valence-corrected chi connectivity index (χ2v) is 4.81. The van der Waals surface area contributed by atoms with Crippen molar-refractivity contribution in [3.8, 4) is 0 Å². The lowest BCUT2D eigenvalue weighted by atomic mass is 10.1. The summed E-state index contributed by atoms with van der Waals surface area (Å²) in [7, 11) is 0. The number of hydrogen-bond donors (Lipinski definition) is 0. The molecule has 16 heavy (non-hydrogen) atoms. The van der Waals surface area contributed by atoms with Crippen LogP contribution in [0.1, 0.15) is 32.6 Å². The van der Waals surface area contributed by atoms with Crippen molar-refractivity contribution in [2.24, 2.45) is 0 Å². The summed E-state index contributed by atoms with van der Waals surface area (Å²) in [6.07, 6.45) is -0.153. The van der Waals surface area contributed by atoms with Crippen LogP contribution in [0.15, 0.2) is 24.3 Å². The highest BCUT2D eigenvalue weighted by Gasteiger charge is 2.46. The van der Waals surface area contributed by atoms with E-state index in [2.05, 4.69) is 0 Å². The van der Waals surface area contributed by atoms with Gasteiger partial charge in [0.25, 0.3) is 5.69 Å². The van der Waals surface area contributed by atoms with E-state index in [1.807, 2.05) is 31.9 Å². The van der Waals surface area contributed by atoms with Crippen LogP contribution < -0.4 is 0 Å². The number of benzene rings is 1. The van der Waals surface area contributed by atoms with E-state index in [9.17, 15) is 10.1 Å². The van der Waals surface area contributed by atoms with E-state index in [4.69, 9.17) is 4.84 Å². The van der Waals surface area contributed by atoms with Gasteiger partial charge in [0, 0.05) is 23.2 Å². The molecule has 1 heterocycles. The summed E-state index contributed by atoms with van der Waals surface area (Å²) in [4.78, 5) is 15.6. The molecular weight excluding hydrogens is 208 g/mol. The highest BCUT2D eigenvalue weighted by Crippen LogP contribution is 2.43. The van der Waals surface area contributed by atoms with Gasteiger partial charge in [-0.15, -0.1) is 5.06 Å². The van der Waals surface area contributed by atoms with E-state index in [0.717, 1.165) is 5.56 Å². The van der Waals surface area contributed by atoms with E-state index < -0.39 is 4.92 Å². The predicted molar refractivity (Wildman–Crippen MR) is 58.5 cm³/mol. The average molecular weight is 222 g/mol. The van der Waals surface area contributed by atoms with Crippen molar-refractivity contribution < 1.29 is 9.76 Å². The van der Waals surface area contributed by atoms with Crippen molar-refractivity contribution in [3.63, 3.8) is 0 Å². The maximum Gasteiger partial charge on any atom is 0.269 e. The second-order valence-electron chi connectivity index (χ2n) is 4.81. The Kier molecular flexibility index (Phi) is 2.44. The summed E-state index contributed by atoms with van der Waals surface area (Å²) in [6, 6.07) is 6.54. The Morgan fingerprint density at radius 3 is 2.62 bits per heavy atom. The van der Waals surface area contributed by atoms with Gasteiger partial charge < -0.3 is 0 Å². The molecule has 1 aromatic carbocycles. The van der Waals surface area contributed by atoms with Gasteiger partial charge in [-0.3, -0.25) is 15.0 Å². The molecule has 0 spiro atoms. The SMILES string of the molecule is CC(C)(C)N1OC1c1cccc([N+](=O)[O-])c1. The molecule has 0 aromatic heterocycles. The van der Waals surface area contributed by atoms with Gasteiger partial charge in [-0.1, -0.05) is 12.1 Å². The van der Waals surface area contributed by atoms with Crippen molar-refractivity contribution in [2.75, 3.05) is 0 Å². The molecule has 1 saturated heterocycles. The van der Waals surface area contributed by atoms with Crippen LogP contribution in [0.2, 0.25) is 0 Å². The lowest BCUT2D eigenvalue weighted by Gasteiger charge is -2.16. The minimum absolute atomic E-state index is 0.0880. The summed E-state index contributed by atoms with van der Waals surface area (Å²) in [5, 5.41) is 12.5. The number of hydroxylamine groups is 2. The van der Waals surface area contributed by atoms with E-state index in [1.54, 1.807) is 12.1 Å². The zero-order valence-corrected chi connectivity index (χ0v) is 9.51.